The van der Waals surface area contributed by atoms with E-state index < -0.39 is 0 Å². The van der Waals surface area contributed by atoms with Gasteiger partial charge in [-0.2, -0.15) is 0 Å². The second-order valence-electron chi connectivity index (χ2n) is 10.6. The van der Waals surface area contributed by atoms with Crippen LogP contribution in [-0.2, 0) is 30.8 Å². The van der Waals surface area contributed by atoms with Gasteiger partial charge in [-0.1, -0.05) is 76.9 Å². The molecule has 0 saturated heterocycles. The normalized spacial score (nSPS) is 10.4. The molecule has 6 heteroatoms. The van der Waals surface area contributed by atoms with Crippen molar-refractivity contribution in [3.63, 3.8) is 0 Å². The van der Waals surface area contributed by atoms with Crippen molar-refractivity contribution in [2.75, 3.05) is 0 Å². The van der Waals surface area contributed by atoms with Gasteiger partial charge in [-0.05, 0) is 47.9 Å². The molecule has 0 amide bonds. The Morgan fingerprint density at radius 3 is 1.26 bits per heavy atom. The molecule has 2 N–H and O–H groups in total. The molecule has 0 saturated carbocycles. The third-order valence-corrected chi connectivity index (χ3v) is 5.54. The van der Waals surface area contributed by atoms with Gasteiger partial charge >= 0.3 is 65.7 Å². The molecule has 3 aromatic rings. The summed E-state index contributed by atoms with van der Waals surface area (Å²) >= 11 is 1.98. The summed E-state index contributed by atoms with van der Waals surface area (Å²) in [5.41, 5.74) is 5.68. The van der Waals surface area contributed by atoms with E-state index in [4.69, 9.17) is 4.42 Å². The van der Waals surface area contributed by atoms with Gasteiger partial charge < -0.3 is 35.0 Å². The van der Waals surface area contributed by atoms with Gasteiger partial charge in [-0.3, -0.25) is 0 Å². The van der Waals surface area contributed by atoms with Gasteiger partial charge in [0.15, 0.2) is 0 Å². The van der Waals surface area contributed by atoms with E-state index in [0.717, 1.165) is 22.6 Å². The fraction of sp³-hybridized carbons (Fsp3) is 0.414. The number of phenolic OH excluding ortho intramolecular Hbond substituents is 2. The molecular formula is C29H40Cl2O3Ti-2. The second kappa shape index (κ2) is 14.9. The van der Waals surface area contributed by atoms with Crippen LogP contribution in [0.5, 0.6) is 11.5 Å². The Bertz CT molecular complexity index is 1010. The number of benzene rings is 2. The van der Waals surface area contributed by atoms with E-state index in [9.17, 15) is 10.2 Å². The quantitative estimate of drug-likeness (QED) is 0.449. The van der Waals surface area contributed by atoms with Crippen molar-refractivity contribution in [3.05, 3.63) is 81.8 Å². The number of halogens is 2. The van der Waals surface area contributed by atoms with Crippen LogP contribution in [0.15, 0.2) is 46.9 Å². The summed E-state index contributed by atoms with van der Waals surface area (Å²) in [7, 11) is 0. The molecule has 3 rings (SSSR count). The maximum atomic E-state index is 9.57. The number of hydrogen-bond donors (Lipinski definition) is 2. The monoisotopic (exact) mass is 554 g/mol. The van der Waals surface area contributed by atoms with E-state index in [1.165, 1.54) is 16.7 Å². The van der Waals surface area contributed by atoms with Crippen molar-refractivity contribution in [3.8, 4) is 11.5 Å². The standard InChI is InChI=1S/2C11H16O.C7H8O.2ClH.Ti/c2*1-8-5-6-10(12)9(7-8)11(2,3)4;1-5-4-6(2)8-7(5)3;;;/h2*5-7,12H,1-4H3;3-4H,1-2H3;2*1H;/p-2. The molecule has 1 heterocycles. The van der Waals surface area contributed by atoms with E-state index in [1.807, 2.05) is 82.3 Å². The first-order valence-corrected chi connectivity index (χ1v) is 12.1. The SMILES string of the molecule is Cc1cc(C)c([CH]=[Ti])o1.Cc1ccc(O)c(C(C)(C)C)c1.Cc1ccc(O)c(C(C)(C)C)c1.[Cl-].[Cl-]. The summed E-state index contributed by atoms with van der Waals surface area (Å²) in [6.45, 7) is 20.7. The zero-order valence-corrected chi connectivity index (χ0v) is 25.8. The first-order valence-electron chi connectivity index (χ1n) is 11.2. The summed E-state index contributed by atoms with van der Waals surface area (Å²) < 4.78 is 7.28. The predicted molar refractivity (Wildman–Crippen MR) is 136 cm³/mol. The Morgan fingerprint density at radius 1 is 0.686 bits per heavy atom. The number of hydrogen-bond acceptors (Lipinski definition) is 3. The molecule has 194 valence electrons. The van der Waals surface area contributed by atoms with Gasteiger partial charge in [0.25, 0.3) is 0 Å². The van der Waals surface area contributed by atoms with Crippen LogP contribution in [0.1, 0.15) is 80.9 Å². The molecule has 0 spiro atoms. The minimum Gasteiger partial charge on any atom is -1.00 e. The third-order valence-electron chi connectivity index (χ3n) is 5.13. The summed E-state index contributed by atoms with van der Waals surface area (Å²) in [5, 5.41) is 19.1. The minimum absolute atomic E-state index is 0. The van der Waals surface area contributed by atoms with Crippen LogP contribution in [0, 0.1) is 27.7 Å². The fourth-order valence-electron chi connectivity index (χ4n) is 3.30. The summed E-state index contributed by atoms with van der Waals surface area (Å²) in [6, 6.07) is 13.5. The van der Waals surface area contributed by atoms with Crippen LogP contribution < -0.4 is 24.8 Å². The largest absolute Gasteiger partial charge is 1.00 e. The van der Waals surface area contributed by atoms with Crippen molar-refractivity contribution in [2.45, 2.75) is 80.1 Å². The Morgan fingerprint density at radius 2 is 1.06 bits per heavy atom. The van der Waals surface area contributed by atoms with Crippen LogP contribution in [0.3, 0.4) is 0 Å². The van der Waals surface area contributed by atoms with Crippen molar-refractivity contribution in [1.29, 1.82) is 0 Å². The van der Waals surface area contributed by atoms with Crippen molar-refractivity contribution in [2.24, 2.45) is 0 Å². The zero-order valence-electron chi connectivity index (χ0n) is 22.7. The number of rotatable bonds is 1. The fourth-order valence-corrected chi connectivity index (χ4v) is 3.75. The molecule has 1 aromatic heterocycles. The number of aryl methyl sites for hydroxylation is 4. The van der Waals surface area contributed by atoms with Gasteiger partial charge in [0, 0.05) is 0 Å². The molecule has 0 aliphatic heterocycles. The van der Waals surface area contributed by atoms with E-state index in [-0.39, 0.29) is 35.6 Å². The van der Waals surface area contributed by atoms with Gasteiger partial charge in [-0.15, -0.1) is 0 Å². The molecule has 0 unspecified atom stereocenters. The second-order valence-corrected chi connectivity index (χ2v) is 11.0. The molecule has 0 atom stereocenters. The van der Waals surface area contributed by atoms with Crippen LogP contribution in [0.25, 0.3) is 0 Å². The smallest absolute Gasteiger partial charge is 0.119 e. The maximum absolute atomic E-state index is 9.57. The maximum Gasteiger partial charge on any atom is 0.119 e. The first-order chi connectivity index (χ1) is 15.1. The Balaban J connectivity index is 0. The number of furan rings is 1. The van der Waals surface area contributed by atoms with Gasteiger partial charge in [-0.25, -0.2) is 0 Å². The molecule has 0 aliphatic rings. The molecule has 0 aliphatic carbocycles. The summed E-state index contributed by atoms with van der Waals surface area (Å²) in [5.74, 6) is 2.77. The molecule has 35 heavy (non-hydrogen) atoms. The minimum atomic E-state index is 0. The third kappa shape index (κ3) is 11.8. The van der Waals surface area contributed by atoms with Gasteiger partial charge in [0.2, 0.25) is 0 Å². The van der Waals surface area contributed by atoms with Crippen LogP contribution in [-0.4, -0.2) is 14.5 Å². The van der Waals surface area contributed by atoms with Crippen molar-refractivity contribution >= 4 is 4.31 Å². The van der Waals surface area contributed by atoms with E-state index in [2.05, 4.69) is 41.5 Å². The average molecular weight is 555 g/mol. The zero-order chi connectivity index (χ0) is 25.6. The molecule has 0 bridgehead atoms. The predicted octanol–water partition coefficient (Wildman–Crippen LogP) is 1.60. The Labute approximate surface area is 236 Å². The summed E-state index contributed by atoms with van der Waals surface area (Å²) in [6.07, 6.45) is 0. The van der Waals surface area contributed by atoms with E-state index in [0.29, 0.717) is 11.5 Å². The van der Waals surface area contributed by atoms with Gasteiger partial charge in [0.1, 0.15) is 11.5 Å². The average Bonchev–Trinajstić information content (AvgIpc) is 3.02. The van der Waals surface area contributed by atoms with Gasteiger partial charge in [0.05, 0.1) is 0 Å². The van der Waals surface area contributed by atoms with Crippen molar-refractivity contribution in [1.82, 2.24) is 0 Å². The molecule has 0 radical (unpaired) electrons. The van der Waals surface area contributed by atoms with Crippen LogP contribution in [0.4, 0.5) is 0 Å². The number of phenols is 2. The molecule has 3 nitrogen and oxygen atoms in total. The van der Waals surface area contributed by atoms with Crippen LogP contribution in [0.2, 0.25) is 0 Å². The summed E-state index contributed by atoms with van der Waals surface area (Å²) in [4.78, 5) is 0. The van der Waals surface area contributed by atoms with E-state index in [1.54, 1.807) is 12.1 Å². The van der Waals surface area contributed by atoms with Crippen molar-refractivity contribution < 1.29 is 59.4 Å². The van der Waals surface area contributed by atoms with E-state index >= 15 is 0 Å². The Hall–Kier alpha value is -1.52. The molecule has 0 fully saturated rings. The Kier molecular flexibility index (Phi) is 15.2. The molecular weight excluding hydrogens is 515 g/mol. The molecule has 2 aromatic carbocycles. The van der Waals surface area contributed by atoms with Crippen LogP contribution >= 0.6 is 0 Å². The topological polar surface area (TPSA) is 53.6 Å². The number of aromatic hydroxyl groups is 2. The first kappa shape index (κ1) is 35.6.